The van der Waals surface area contributed by atoms with Crippen molar-refractivity contribution in [1.82, 2.24) is 0 Å². The fourth-order valence-corrected chi connectivity index (χ4v) is 1.30. The Morgan fingerprint density at radius 1 is 1.20 bits per heavy atom. The molecule has 0 saturated heterocycles. The summed E-state index contributed by atoms with van der Waals surface area (Å²) in [5.74, 6) is 0.228. The van der Waals surface area contributed by atoms with E-state index in [9.17, 15) is 5.11 Å². The fourth-order valence-electron chi connectivity index (χ4n) is 1.30. The molecule has 1 aromatic rings. The quantitative estimate of drug-likeness (QED) is 0.691. The Morgan fingerprint density at radius 3 is 2.20 bits per heavy atom. The minimum Gasteiger partial charge on any atom is -0.508 e. The Kier molecular flexibility index (Phi) is 3.72. The molecular weight excluding hydrogens is 190 g/mol. The number of hydrogen-bond donors (Lipinski definition) is 3. The number of aromatic hydroxyl groups is 1. The molecule has 0 radical (unpaired) electrons. The number of quaternary nitrogens is 1. The average Bonchev–Trinajstić information content (AvgIpc) is 2.14. The standard InChI is InChI=1S/C12H19NO2/c1-12(2,3)13-8-11(15)9-4-6-10(14)7-5-9/h4-7,11,13-15H,8H2,1-3H3/p+1. The maximum Gasteiger partial charge on any atom is 0.128 e. The fraction of sp³-hybridized carbons (Fsp3) is 0.500. The second-order valence-corrected chi connectivity index (χ2v) is 4.91. The van der Waals surface area contributed by atoms with E-state index in [1.807, 2.05) is 0 Å². The first-order valence-corrected chi connectivity index (χ1v) is 5.20. The molecule has 1 atom stereocenters. The summed E-state index contributed by atoms with van der Waals surface area (Å²) >= 11 is 0. The Hall–Kier alpha value is -1.06. The van der Waals surface area contributed by atoms with Crippen molar-refractivity contribution in [3.05, 3.63) is 29.8 Å². The van der Waals surface area contributed by atoms with Gasteiger partial charge in [-0.05, 0) is 38.5 Å². The smallest absolute Gasteiger partial charge is 0.128 e. The summed E-state index contributed by atoms with van der Waals surface area (Å²) in [6.45, 7) is 6.96. The molecular formula is C12H20NO2+. The van der Waals surface area contributed by atoms with E-state index in [0.29, 0.717) is 6.54 Å². The van der Waals surface area contributed by atoms with Gasteiger partial charge in [-0.25, -0.2) is 0 Å². The lowest BCUT2D eigenvalue weighted by molar-refractivity contribution is -0.722. The van der Waals surface area contributed by atoms with E-state index < -0.39 is 6.10 Å². The average molecular weight is 210 g/mol. The largest absolute Gasteiger partial charge is 0.508 e. The number of phenols is 1. The van der Waals surface area contributed by atoms with Crippen molar-refractivity contribution >= 4 is 0 Å². The van der Waals surface area contributed by atoms with Crippen molar-refractivity contribution in [1.29, 1.82) is 0 Å². The minimum atomic E-state index is -0.482. The van der Waals surface area contributed by atoms with Crippen LogP contribution in [0.3, 0.4) is 0 Å². The van der Waals surface area contributed by atoms with Crippen molar-refractivity contribution < 1.29 is 15.5 Å². The minimum absolute atomic E-state index is 0.123. The van der Waals surface area contributed by atoms with Crippen molar-refractivity contribution in [2.24, 2.45) is 0 Å². The molecule has 0 fully saturated rings. The van der Waals surface area contributed by atoms with E-state index in [2.05, 4.69) is 26.1 Å². The molecule has 0 heterocycles. The van der Waals surface area contributed by atoms with E-state index in [4.69, 9.17) is 5.11 Å². The SMILES string of the molecule is CC(C)(C)[NH2+]CC(O)c1ccc(O)cc1. The molecule has 15 heavy (non-hydrogen) atoms. The van der Waals surface area contributed by atoms with Crippen LogP contribution in [0.4, 0.5) is 0 Å². The summed E-state index contributed by atoms with van der Waals surface area (Å²) < 4.78 is 0. The van der Waals surface area contributed by atoms with Gasteiger partial charge in [0.2, 0.25) is 0 Å². The molecule has 0 saturated carbocycles. The molecule has 1 aromatic carbocycles. The van der Waals surface area contributed by atoms with Crippen LogP contribution in [0.25, 0.3) is 0 Å². The van der Waals surface area contributed by atoms with E-state index in [1.165, 1.54) is 0 Å². The molecule has 0 aliphatic rings. The normalized spacial score (nSPS) is 13.9. The van der Waals surface area contributed by atoms with Crippen molar-refractivity contribution in [3.63, 3.8) is 0 Å². The zero-order chi connectivity index (χ0) is 11.5. The highest BCUT2D eigenvalue weighted by Gasteiger charge is 2.16. The summed E-state index contributed by atoms with van der Waals surface area (Å²) in [6, 6.07) is 6.68. The molecule has 0 aliphatic carbocycles. The van der Waals surface area contributed by atoms with E-state index >= 15 is 0 Å². The van der Waals surface area contributed by atoms with Gasteiger partial charge in [0.1, 0.15) is 18.4 Å². The van der Waals surface area contributed by atoms with Gasteiger partial charge in [-0.2, -0.15) is 0 Å². The van der Waals surface area contributed by atoms with Gasteiger partial charge in [-0.1, -0.05) is 12.1 Å². The second-order valence-electron chi connectivity index (χ2n) is 4.91. The van der Waals surface area contributed by atoms with E-state index in [1.54, 1.807) is 24.3 Å². The number of phenolic OH excluding ortho intramolecular Hbond substituents is 1. The molecule has 0 amide bonds. The van der Waals surface area contributed by atoms with Gasteiger partial charge in [0.25, 0.3) is 0 Å². The van der Waals surface area contributed by atoms with Crippen LogP contribution in [0.1, 0.15) is 32.4 Å². The van der Waals surface area contributed by atoms with Gasteiger partial charge < -0.3 is 15.5 Å². The maximum atomic E-state index is 9.86. The summed E-state index contributed by atoms with van der Waals surface area (Å²) in [7, 11) is 0. The van der Waals surface area contributed by atoms with Gasteiger partial charge in [0, 0.05) is 0 Å². The molecule has 0 spiro atoms. The molecule has 0 bridgehead atoms. The first-order valence-electron chi connectivity index (χ1n) is 5.20. The van der Waals surface area contributed by atoms with E-state index in [0.717, 1.165) is 5.56 Å². The molecule has 0 aromatic heterocycles. The number of nitrogens with two attached hydrogens (primary N) is 1. The van der Waals surface area contributed by atoms with Crippen LogP contribution >= 0.6 is 0 Å². The van der Waals surface area contributed by atoms with Gasteiger partial charge in [-0.3, -0.25) is 0 Å². The van der Waals surface area contributed by atoms with Crippen LogP contribution in [0.2, 0.25) is 0 Å². The number of benzene rings is 1. The molecule has 84 valence electrons. The van der Waals surface area contributed by atoms with Crippen molar-refractivity contribution in [2.45, 2.75) is 32.4 Å². The molecule has 4 N–H and O–H groups in total. The lowest BCUT2D eigenvalue weighted by atomic mass is 10.1. The molecule has 0 aliphatic heterocycles. The molecule has 3 nitrogen and oxygen atoms in total. The van der Waals surface area contributed by atoms with Crippen molar-refractivity contribution in [2.75, 3.05) is 6.54 Å². The van der Waals surface area contributed by atoms with Crippen molar-refractivity contribution in [3.8, 4) is 5.75 Å². The third-order valence-corrected chi connectivity index (χ3v) is 2.23. The molecule has 3 heteroatoms. The Balaban J connectivity index is 2.54. The summed E-state index contributed by atoms with van der Waals surface area (Å²) in [5, 5.41) is 21.1. The monoisotopic (exact) mass is 210 g/mol. The van der Waals surface area contributed by atoms with Crippen LogP contribution < -0.4 is 5.32 Å². The number of aliphatic hydroxyl groups is 1. The van der Waals surface area contributed by atoms with Gasteiger partial charge >= 0.3 is 0 Å². The second kappa shape index (κ2) is 4.64. The molecule has 1 rings (SSSR count). The zero-order valence-corrected chi connectivity index (χ0v) is 9.57. The Labute approximate surface area is 90.8 Å². The third-order valence-electron chi connectivity index (χ3n) is 2.23. The number of rotatable bonds is 3. The number of hydrogen-bond acceptors (Lipinski definition) is 2. The van der Waals surface area contributed by atoms with Crippen LogP contribution in [0.5, 0.6) is 5.75 Å². The Morgan fingerprint density at radius 2 is 1.73 bits per heavy atom. The van der Waals surface area contributed by atoms with Crippen LogP contribution in [0, 0.1) is 0 Å². The Bertz CT molecular complexity index is 300. The van der Waals surface area contributed by atoms with E-state index in [-0.39, 0.29) is 11.3 Å². The topological polar surface area (TPSA) is 57.1 Å². The lowest BCUT2D eigenvalue weighted by Gasteiger charge is -2.19. The summed E-state index contributed by atoms with van der Waals surface area (Å²) in [5.41, 5.74) is 0.964. The lowest BCUT2D eigenvalue weighted by Crippen LogP contribution is -2.95. The van der Waals surface area contributed by atoms with Gasteiger partial charge in [0.15, 0.2) is 0 Å². The first kappa shape index (κ1) is 12.0. The third kappa shape index (κ3) is 4.32. The predicted octanol–water partition coefficient (Wildman–Crippen LogP) is 0.787. The highest BCUT2D eigenvalue weighted by molar-refractivity contribution is 5.27. The highest BCUT2D eigenvalue weighted by atomic mass is 16.3. The summed E-state index contributed by atoms with van der Waals surface area (Å²) in [6.07, 6.45) is -0.482. The van der Waals surface area contributed by atoms with Gasteiger partial charge in [0.05, 0.1) is 5.54 Å². The molecule has 1 unspecified atom stereocenters. The highest BCUT2D eigenvalue weighted by Crippen LogP contribution is 2.15. The predicted molar refractivity (Wildman–Crippen MR) is 59.6 cm³/mol. The first-order chi connectivity index (χ1) is 6.88. The summed E-state index contributed by atoms with van der Waals surface area (Å²) in [4.78, 5) is 0. The number of aliphatic hydroxyl groups excluding tert-OH is 1. The van der Waals surface area contributed by atoms with Gasteiger partial charge in [-0.15, -0.1) is 0 Å². The van der Waals surface area contributed by atoms with Crippen LogP contribution in [-0.4, -0.2) is 22.3 Å². The zero-order valence-electron chi connectivity index (χ0n) is 9.57. The van der Waals surface area contributed by atoms with Crippen LogP contribution in [0.15, 0.2) is 24.3 Å². The van der Waals surface area contributed by atoms with Crippen LogP contribution in [-0.2, 0) is 0 Å². The maximum absolute atomic E-state index is 9.86.